The van der Waals surface area contributed by atoms with Crippen molar-refractivity contribution in [1.29, 1.82) is 0 Å². The fourth-order valence-electron chi connectivity index (χ4n) is 2.48. The van der Waals surface area contributed by atoms with Gasteiger partial charge in [-0.25, -0.2) is 12.8 Å². The van der Waals surface area contributed by atoms with Gasteiger partial charge in [-0.15, -0.1) is 0 Å². The van der Waals surface area contributed by atoms with Crippen LogP contribution in [0.5, 0.6) is 0 Å². The molecule has 27 heavy (non-hydrogen) atoms. The van der Waals surface area contributed by atoms with Gasteiger partial charge >= 0.3 is 0 Å². The number of hydrogen-bond acceptors (Lipinski definition) is 5. The Morgan fingerprint density at radius 2 is 2.00 bits per heavy atom. The maximum absolute atomic E-state index is 13.8. The Balaban J connectivity index is 1.99. The summed E-state index contributed by atoms with van der Waals surface area (Å²) >= 11 is 0. The Hall–Kier alpha value is -3.14. The van der Waals surface area contributed by atoms with Crippen molar-refractivity contribution < 1.29 is 22.0 Å². The summed E-state index contributed by atoms with van der Waals surface area (Å²) in [5.74, 6) is -0.799. The molecule has 0 aliphatic carbocycles. The van der Waals surface area contributed by atoms with Crippen LogP contribution in [0.4, 0.5) is 10.1 Å². The maximum atomic E-state index is 13.8. The molecule has 0 fully saturated rings. The van der Waals surface area contributed by atoms with Crippen molar-refractivity contribution in [1.82, 2.24) is 15.1 Å². The summed E-state index contributed by atoms with van der Waals surface area (Å²) in [5.41, 5.74) is 0.313. The third kappa shape index (κ3) is 3.56. The van der Waals surface area contributed by atoms with Crippen LogP contribution in [0.25, 0.3) is 11.5 Å². The van der Waals surface area contributed by atoms with E-state index in [0.717, 1.165) is 6.07 Å². The molecule has 1 aromatic carbocycles. The first kappa shape index (κ1) is 18.6. The summed E-state index contributed by atoms with van der Waals surface area (Å²) in [6.07, 6.45) is 1.33. The van der Waals surface area contributed by atoms with Gasteiger partial charge in [-0.3, -0.25) is 14.6 Å². The molecule has 0 unspecified atom stereocenters. The number of aromatic amines is 1. The van der Waals surface area contributed by atoms with Crippen molar-refractivity contribution >= 4 is 21.6 Å². The van der Waals surface area contributed by atoms with Gasteiger partial charge < -0.3 is 9.32 Å². The number of benzene rings is 1. The SMILES string of the molecule is Cc1oc(-c2[nH]ncc2C(=O)N(C)C)cc1S(=O)(=O)Nc1ccccc1F. The molecule has 1 amide bonds. The number of nitrogens with zero attached hydrogens (tertiary/aromatic N) is 2. The summed E-state index contributed by atoms with van der Waals surface area (Å²) in [6.45, 7) is 1.46. The van der Waals surface area contributed by atoms with Crippen LogP contribution in [0.1, 0.15) is 16.1 Å². The molecule has 2 heterocycles. The monoisotopic (exact) mass is 392 g/mol. The van der Waals surface area contributed by atoms with Crippen molar-refractivity contribution in [2.24, 2.45) is 0 Å². The predicted molar refractivity (Wildman–Crippen MR) is 96.3 cm³/mol. The maximum Gasteiger partial charge on any atom is 0.265 e. The number of hydrogen-bond donors (Lipinski definition) is 2. The smallest absolute Gasteiger partial charge is 0.265 e. The zero-order valence-corrected chi connectivity index (χ0v) is 15.6. The predicted octanol–water partition coefficient (Wildman–Crippen LogP) is 2.62. The molecule has 3 rings (SSSR count). The van der Waals surface area contributed by atoms with E-state index in [4.69, 9.17) is 4.42 Å². The number of aryl methyl sites for hydroxylation is 1. The number of nitrogens with one attached hydrogen (secondary N) is 2. The standard InChI is InChI=1S/C17H17FN4O4S/c1-10-15(27(24,25)21-13-7-5-4-6-12(13)18)8-14(26-10)16-11(9-19-20-16)17(23)22(2)3/h4-9,21H,1-3H3,(H,19,20). The van der Waals surface area contributed by atoms with E-state index in [-0.39, 0.29) is 39.3 Å². The Labute approximate surface area is 155 Å². The topological polar surface area (TPSA) is 108 Å². The third-order valence-corrected chi connectivity index (χ3v) is 5.28. The first-order chi connectivity index (χ1) is 12.7. The van der Waals surface area contributed by atoms with Gasteiger partial charge in [0.1, 0.15) is 22.2 Å². The Kier molecular flexibility index (Phi) is 4.75. The molecule has 10 heteroatoms. The molecule has 0 saturated heterocycles. The Morgan fingerprint density at radius 3 is 2.67 bits per heavy atom. The van der Waals surface area contributed by atoms with Crippen molar-refractivity contribution in [2.45, 2.75) is 11.8 Å². The molecule has 142 valence electrons. The van der Waals surface area contributed by atoms with Crippen LogP contribution in [-0.4, -0.2) is 43.5 Å². The molecule has 0 spiro atoms. The van der Waals surface area contributed by atoms with Crippen LogP contribution in [0.2, 0.25) is 0 Å². The zero-order chi connectivity index (χ0) is 19.8. The lowest BCUT2D eigenvalue weighted by Crippen LogP contribution is -2.21. The molecule has 0 saturated carbocycles. The number of anilines is 1. The van der Waals surface area contributed by atoms with E-state index in [0.29, 0.717) is 0 Å². The average Bonchev–Trinajstić information content (AvgIpc) is 3.22. The summed E-state index contributed by atoms with van der Waals surface area (Å²) in [5, 5.41) is 6.48. The van der Waals surface area contributed by atoms with Gasteiger partial charge in [-0.2, -0.15) is 5.10 Å². The highest BCUT2D eigenvalue weighted by molar-refractivity contribution is 7.92. The van der Waals surface area contributed by atoms with Crippen molar-refractivity contribution in [3.63, 3.8) is 0 Å². The number of furan rings is 1. The van der Waals surface area contributed by atoms with E-state index in [9.17, 15) is 17.6 Å². The summed E-state index contributed by atoms with van der Waals surface area (Å²) in [7, 11) is -0.931. The van der Waals surface area contributed by atoms with Crippen LogP contribution >= 0.6 is 0 Å². The van der Waals surface area contributed by atoms with E-state index in [2.05, 4.69) is 14.9 Å². The van der Waals surface area contributed by atoms with Crippen LogP contribution in [0, 0.1) is 12.7 Å². The molecule has 0 aliphatic heterocycles. The number of carbonyl (C=O) groups is 1. The molecule has 8 nitrogen and oxygen atoms in total. The molecular formula is C17H17FN4O4S. The van der Waals surface area contributed by atoms with Gasteiger partial charge in [0.05, 0.1) is 17.4 Å². The Bertz CT molecular complexity index is 1100. The zero-order valence-electron chi connectivity index (χ0n) is 14.8. The highest BCUT2D eigenvalue weighted by Crippen LogP contribution is 2.30. The van der Waals surface area contributed by atoms with Crippen LogP contribution in [-0.2, 0) is 10.0 Å². The number of H-pyrrole nitrogens is 1. The molecule has 0 aliphatic rings. The first-order valence-corrected chi connectivity index (χ1v) is 9.32. The first-order valence-electron chi connectivity index (χ1n) is 7.84. The minimum absolute atomic E-state index is 0.0895. The molecule has 0 radical (unpaired) electrons. The van der Waals surface area contributed by atoms with E-state index in [1.165, 1.54) is 42.3 Å². The summed E-state index contributed by atoms with van der Waals surface area (Å²) in [6, 6.07) is 6.69. The molecule has 2 aromatic heterocycles. The highest BCUT2D eigenvalue weighted by atomic mass is 32.2. The number of halogens is 1. The fourth-order valence-corrected chi connectivity index (χ4v) is 3.72. The average molecular weight is 392 g/mol. The lowest BCUT2D eigenvalue weighted by Gasteiger charge is -2.09. The fraction of sp³-hybridized carbons (Fsp3) is 0.176. The largest absolute Gasteiger partial charge is 0.458 e. The number of para-hydroxylation sites is 1. The molecular weight excluding hydrogens is 375 g/mol. The second-order valence-corrected chi connectivity index (χ2v) is 7.63. The number of carbonyl (C=O) groups excluding carboxylic acids is 1. The van der Waals surface area contributed by atoms with Gasteiger partial charge in [0, 0.05) is 20.2 Å². The van der Waals surface area contributed by atoms with Gasteiger partial charge in [-0.1, -0.05) is 12.1 Å². The normalized spacial score (nSPS) is 11.4. The minimum Gasteiger partial charge on any atom is -0.458 e. The molecule has 0 bridgehead atoms. The van der Waals surface area contributed by atoms with Gasteiger partial charge in [-0.05, 0) is 19.1 Å². The van der Waals surface area contributed by atoms with Crippen LogP contribution < -0.4 is 4.72 Å². The highest BCUT2D eigenvalue weighted by Gasteiger charge is 2.26. The van der Waals surface area contributed by atoms with Gasteiger partial charge in [0.2, 0.25) is 0 Å². The van der Waals surface area contributed by atoms with E-state index < -0.39 is 15.8 Å². The lowest BCUT2D eigenvalue weighted by molar-refractivity contribution is 0.0828. The van der Waals surface area contributed by atoms with Gasteiger partial charge in [0.15, 0.2) is 5.76 Å². The molecule has 3 aromatic rings. The summed E-state index contributed by atoms with van der Waals surface area (Å²) < 4.78 is 46.8. The lowest BCUT2D eigenvalue weighted by atomic mass is 10.2. The summed E-state index contributed by atoms with van der Waals surface area (Å²) in [4.78, 5) is 13.4. The van der Waals surface area contributed by atoms with Crippen LogP contribution in [0.15, 0.2) is 45.8 Å². The van der Waals surface area contributed by atoms with Gasteiger partial charge in [0.25, 0.3) is 15.9 Å². The van der Waals surface area contributed by atoms with E-state index in [1.54, 1.807) is 14.1 Å². The number of amides is 1. The third-order valence-electron chi connectivity index (χ3n) is 3.80. The minimum atomic E-state index is -4.10. The van der Waals surface area contributed by atoms with Crippen LogP contribution in [0.3, 0.4) is 0 Å². The second-order valence-electron chi connectivity index (χ2n) is 5.97. The van der Waals surface area contributed by atoms with Crippen molar-refractivity contribution in [3.8, 4) is 11.5 Å². The van der Waals surface area contributed by atoms with Crippen molar-refractivity contribution in [2.75, 3.05) is 18.8 Å². The number of sulfonamides is 1. The number of aromatic nitrogens is 2. The second kappa shape index (κ2) is 6.88. The van der Waals surface area contributed by atoms with E-state index >= 15 is 0 Å². The number of rotatable bonds is 5. The molecule has 2 N–H and O–H groups in total. The molecule has 0 atom stereocenters. The Morgan fingerprint density at radius 1 is 1.30 bits per heavy atom. The quantitative estimate of drug-likeness (QED) is 0.694. The van der Waals surface area contributed by atoms with E-state index in [1.807, 2.05) is 0 Å². The van der Waals surface area contributed by atoms with Crippen molar-refractivity contribution in [3.05, 3.63) is 53.7 Å².